The first-order valence-corrected chi connectivity index (χ1v) is 7.91. The van der Waals surface area contributed by atoms with Crippen LogP contribution in [0, 0.1) is 6.92 Å². The molecule has 7 heteroatoms. The van der Waals surface area contributed by atoms with Crippen molar-refractivity contribution in [2.75, 3.05) is 12.4 Å². The SMILES string of the molecule is COc1ccc(NC(=O)CCC(=O)c2ccc(C)cc2)cc1OC(F)F. The van der Waals surface area contributed by atoms with Crippen LogP contribution >= 0.6 is 0 Å². The first kappa shape index (κ1) is 19.4. The summed E-state index contributed by atoms with van der Waals surface area (Å²) in [5.41, 5.74) is 1.86. The third kappa shape index (κ3) is 5.54. The zero-order valence-electron chi connectivity index (χ0n) is 14.4. The fraction of sp³-hybridized carbons (Fsp3) is 0.263. The minimum Gasteiger partial charge on any atom is -0.493 e. The van der Waals surface area contributed by atoms with E-state index in [1.54, 1.807) is 12.1 Å². The molecule has 1 amide bonds. The average Bonchev–Trinajstić information content (AvgIpc) is 2.60. The second kappa shape index (κ2) is 8.94. The van der Waals surface area contributed by atoms with Gasteiger partial charge in [-0.2, -0.15) is 8.78 Å². The highest BCUT2D eigenvalue weighted by Gasteiger charge is 2.13. The first-order valence-electron chi connectivity index (χ1n) is 7.91. The molecular weight excluding hydrogens is 344 g/mol. The number of hydrogen-bond acceptors (Lipinski definition) is 4. The van der Waals surface area contributed by atoms with Crippen LogP contribution in [0.2, 0.25) is 0 Å². The molecule has 5 nitrogen and oxygen atoms in total. The molecule has 0 heterocycles. The van der Waals surface area contributed by atoms with Crippen LogP contribution in [-0.4, -0.2) is 25.4 Å². The number of rotatable bonds is 8. The van der Waals surface area contributed by atoms with Crippen molar-refractivity contribution in [3.8, 4) is 11.5 Å². The number of nitrogens with one attached hydrogen (secondary N) is 1. The van der Waals surface area contributed by atoms with E-state index >= 15 is 0 Å². The van der Waals surface area contributed by atoms with Crippen LogP contribution in [0.5, 0.6) is 11.5 Å². The van der Waals surface area contributed by atoms with Gasteiger partial charge in [0.25, 0.3) is 0 Å². The van der Waals surface area contributed by atoms with Gasteiger partial charge in [0, 0.05) is 30.2 Å². The lowest BCUT2D eigenvalue weighted by molar-refractivity contribution is -0.116. The number of anilines is 1. The van der Waals surface area contributed by atoms with Gasteiger partial charge in [-0.15, -0.1) is 0 Å². The lowest BCUT2D eigenvalue weighted by atomic mass is 10.0. The number of Topliss-reactive ketones (excluding diaryl/α,β-unsaturated/α-hetero) is 1. The summed E-state index contributed by atoms with van der Waals surface area (Å²) in [6.07, 6.45) is 0.0230. The van der Waals surface area contributed by atoms with Crippen LogP contribution in [0.1, 0.15) is 28.8 Å². The maximum Gasteiger partial charge on any atom is 0.387 e. The highest BCUT2D eigenvalue weighted by Crippen LogP contribution is 2.31. The predicted octanol–water partition coefficient (Wildman–Crippen LogP) is 4.21. The smallest absolute Gasteiger partial charge is 0.387 e. The van der Waals surface area contributed by atoms with Crippen LogP contribution in [0.4, 0.5) is 14.5 Å². The Morgan fingerprint density at radius 1 is 1.04 bits per heavy atom. The van der Waals surface area contributed by atoms with E-state index in [-0.39, 0.29) is 35.8 Å². The number of ether oxygens (including phenoxy) is 2. The number of hydrogen-bond donors (Lipinski definition) is 1. The Hall–Kier alpha value is -2.96. The summed E-state index contributed by atoms with van der Waals surface area (Å²) in [4.78, 5) is 24.1. The molecule has 2 aromatic carbocycles. The van der Waals surface area contributed by atoms with E-state index in [0.29, 0.717) is 5.56 Å². The fourth-order valence-electron chi connectivity index (χ4n) is 2.28. The monoisotopic (exact) mass is 363 g/mol. The van der Waals surface area contributed by atoms with Crippen molar-refractivity contribution in [2.24, 2.45) is 0 Å². The standard InChI is InChI=1S/C19H19F2NO4/c1-12-3-5-13(6-4-12)15(23)8-10-18(24)22-14-7-9-16(25-2)17(11-14)26-19(20)21/h3-7,9,11,19H,8,10H2,1-2H3,(H,22,24). The van der Waals surface area contributed by atoms with E-state index < -0.39 is 12.5 Å². The number of aryl methyl sites for hydroxylation is 1. The molecule has 0 aromatic heterocycles. The predicted molar refractivity (Wildman–Crippen MR) is 93.0 cm³/mol. The molecule has 0 bridgehead atoms. The molecular formula is C19H19F2NO4. The summed E-state index contributed by atoms with van der Waals surface area (Å²) < 4.78 is 34.1. The molecule has 0 saturated heterocycles. The van der Waals surface area contributed by atoms with Gasteiger partial charge in [0.2, 0.25) is 5.91 Å². The molecule has 138 valence electrons. The normalized spacial score (nSPS) is 10.5. The summed E-state index contributed by atoms with van der Waals surface area (Å²) >= 11 is 0. The highest BCUT2D eigenvalue weighted by atomic mass is 19.3. The molecule has 0 spiro atoms. The lowest BCUT2D eigenvalue weighted by Gasteiger charge is -2.12. The van der Waals surface area contributed by atoms with Gasteiger partial charge in [0.15, 0.2) is 17.3 Å². The largest absolute Gasteiger partial charge is 0.493 e. The van der Waals surface area contributed by atoms with Gasteiger partial charge in [0.05, 0.1) is 7.11 Å². The summed E-state index contributed by atoms with van der Waals surface area (Å²) in [6.45, 7) is -1.09. The van der Waals surface area contributed by atoms with E-state index in [4.69, 9.17) is 4.74 Å². The number of amides is 1. The summed E-state index contributed by atoms with van der Waals surface area (Å²) in [6, 6.07) is 11.2. The molecule has 0 aliphatic heterocycles. The van der Waals surface area contributed by atoms with E-state index in [2.05, 4.69) is 10.1 Å². The minimum atomic E-state index is -3.01. The first-order chi connectivity index (χ1) is 12.4. The second-order valence-corrected chi connectivity index (χ2v) is 5.58. The molecule has 0 radical (unpaired) electrons. The quantitative estimate of drug-likeness (QED) is 0.714. The maximum absolute atomic E-state index is 12.4. The minimum absolute atomic E-state index is 0.0240. The van der Waals surface area contributed by atoms with Crippen molar-refractivity contribution in [2.45, 2.75) is 26.4 Å². The van der Waals surface area contributed by atoms with Gasteiger partial charge in [-0.3, -0.25) is 9.59 Å². The van der Waals surface area contributed by atoms with Crippen molar-refractivity contribution in [1.29, 1.82) is 0 Å². The topological polar surface area (TPSA) is 64.6 Å². The number of ketones is 1. The Bertz CT molecular complexity index is 776. The Morgan fingerprint density at radius 2 is 1.73 bits per heavy atom. The number of methoxy groups -OCH3 is 1. The van der Waals surface area contributed by atoms with Gasteiger partial charge in [-0.05, 0) is 19.1 Å². The number of carbonyl (C=O) groups is 2. The Balaban J connectivity index is 1.94. The highest BCUT2D eigenvalue weighted by molar-refractivity contribution is 6.00. The second-order valence-electron chi connectivity index (χ2n) is 5.58. The molecule has 0 unspecified atom stereocenters. The molecule has 0 aliphatic carbocycles. The Labute approximate surface area is 149 Å². The van der Waals surface area contributed by atoms with Gasteiger partial charge in [-0.1, -0.05) is 29.8 Å². The number of benzene rings is 2. The zero-order chi connectivity index (χ0) is 19.1. The van der Waals surface area contributed by atoms with Crippen molar-refractivity contribution in [3.05, 3.63) is 53.6 Å². The number of alkyl halides is 2. The van der Waals surface area contributed by atoms with Crippen LogP contribution in [0.25, 0.3) is 0 Å². The number of carbonyl (C=O) groups excluding carboxylic acids is 2. The molecule has 2 rings (SSSR count). The van der Waals surface area contributed by atoms with Gasteiger partial charge >= 0.3 is 6.61 Å². The van der Waals surface area contributed by atoms with Crippen LogP contribution in [-0.2, 0) is 4.79 Å². The zero-order valence-corrected chi connectivity index (χ0v) is 14.4. The molecule has 2 aromatic rings. The number of halogens is 2. The molecule has 1 N–H and O–H groups in total. The van der Waals surface area contributed by atoms with Crippen molar-refractivity contribution >= 4 is 17.4 Å². The molecule has 0 atom stereocenters. The van der Waals surface area contributed by atoms with Gasteiger partial charge in [0.1, 0.15) is 0 Å². The Morgan fingerprint density at radius 3 is 2.35 bits per heavy atom. The van der Waals surface area contributed by atoms with Gasteiger partial charge in [-0.25, -0.2) is 0 Å². The third-order valence-electron chi connectivity index (χ3n) is 3.62. The van der Waals surface area contributed by atoms with Gasteiger partial charge < -0.3 is 14.8 Å². The van der Waals surface area contributed by atoms with Crippen molar-refractivity contribution in [3.63, 3.8) is 0 Å². The van der Waals surface area contributed by atoms with E-state index in [9.17, 15) is 18.4 Å². The summed E-state index contributed by atoms with van der Waals surface area (Å²) in [5, 5.41) is 2.55. The van der Waals surface area contributed by atoms with E-state index in [0.717, 1.165) is 5.56 Å². The van der Waals surface area contributed by atoms with Crippen molar-refractivity contribution < 1.29 is 27.8 Å². The third-order valence-corrected chi connectivity index (χ3v) is 3.62. The molecule has 0 aliphatic rings. The average molecular weight is 363 g/mol. The molecule has 0 fully saturated rings. The van der Waals surface area contributed by atoms with Crippen LogP contribution in [0.15, 0.2) is 42.5 Å². The fourth-order valence-corrected chi connectivity index (χ4v) is 2.28. The van der Waals surface area contributed by atoms with E-state index in [1.807, 2.05) is 19.1 Å². The van der Waals surface area contributed by atoms with E-state index in [1.165, 1.54) is 25.3 Å². The summed E-state index contributed by atoms with van der Waals surface area (Å²) in [5.74, 6) is -0.607. The summed E-state index contributed by atoms with van der Waals surface area (Å²) in [7, 11) is 1.32. The maximum atomic E-state index is 12.4. The molecule has 0 saturated carbocycles. The Kier molecular flexibility index (Phi) is 6.66. The lowest BCUT2D eigenvalue weighted by Crippen LogP contribution is -2.14. The van der Waals surface area contributed by atoms with Crippen molar-refractivity contribution in [1.82, 2.24) is 0 Å². The van der Waals surface area contributed by atoms with Crippen LogP contribution < -0.4 is 14.8 Å². The molecule has 26 heavy (non-hydrogen) atoms. The van der Waals surface area contributed by atoms with Crippen LogP contribution in [0.3, 0.4) is 0 Å².